The molecule has 112 valence electrons. The topological polar surface area (TPSA) is 61.6 Å². The first kappa shape index (κ1) is 14.1. The number of para-hydroxylation sites is 1. The molecular weight excluding hydrogens is 282 g/mol. The van der Waals surface area contributed by atoms with E-state index in [2.05, 4.69) is 5.16 Å². The van der Waals surface area contributed by atoms with Crippen LogP contribution in [-0.4, -0.2) is 18.2 Å². The molecule has 0 bridgehead atoms. The van der Waals surface area contributed by atoms with Gasteiger partial charge < -0.3 is 14.0 Å². The highest BCUT2D eigenvalue weighted by molar-refractivity contribution is 5.82. The van der Waals surface area contributed by atoms with Crippen LogP contribution in [0.15, 0.2) is 47.0 Å². The van der Waals surface area contributed by atoms with Crippen LogP contribution in [0.5, 0.6) is 11.5 Å². The highest BCUT2D eigenvalue weighted by atomic mass is 16.5. The fraction of sp³-hybridized carbons (Fsp3) is 0.176. The van der Waals surface area contributed by atoms with E-state index in [0.29, 0.717) is 17.8 Å². The second-order valence-electron chi connectivity index (χ2n) is 4.87. The first-order chi connectivity index (χ1) is 10.7. The number of rotatable bonds is 4. The number of carbonyl (C=O) groups excluding carboxylic acids is 1. The predicted octanol–water partition coefficient (Wildman–Crippen LogP) is 3.35. The highest BCUT2D eigenvalue weighted by Crippen LogP contribution is 2.27. The van der Waals surface area contributed by atoms with Crippen molar-refractivity contribution in [3.05, 3.63) is 53.7 Å². The number of hydrogen-bond acceptors (Lipinski definition) is 5. The molecular formula is C17H15NO4. The molecule has 22 heavy (non-hydrogen) atoms. The summed E-state index contributed by atoms with van der Waals surface area (Å²) in [5, 5.41) is 5.01. The van der Waals surface area contributed by atoms with Gasteiger partial charge in [-0.15, -0.1) is 0 Å². The third kappa shape index (κ3) is 2.79. The summed E-state index contributed by atoms with van der Waals surface area (Å²) < 4.78 is 15.7. The minimum absolute atomic E-state index is 0.367. The van der Waals surface area contributed by atoms with E-state index in [1.807, 2.05) is 30.3 Å². The maximum absolute atomic E-state index is 11.0. The standard InChI is InChI=1S/C17H15NO4/c1-11(19)21-13-7-8-14-15(18-22-17(14)10-13)9-12-5-3-4-6-16(12)20-2/h3-8,10H,9H2,1-2H3. The Labute approximate surface area is 127 Å². The fourth-order valence-corrected chi connectivity index (χ4v) is 2.36. The van der Waals surface area contributed by atoms with Gasteiger partial charge in [-0.25, -0.2) is 0 Å². The second kappa shape index (κ2) is 5.89. The van der Waals surface area contributed by atoms with Gasteiger partial charge in [-0.2, -0.15) is 0 Å². The Kier molecular flexibility index (Phi) is 3.78. The van der Waals surface area contributed by atoms with Gasteiger partial charge in [0.15, 0.2) is 5.58 Å². The van der Waals surface area contributed by atoms with Crippen molar-refractivity contribution in [1.29, 1.82) is 0 Å². The van der Waals surface area contributed by atoms with Gasteiger partial charge in [-0.1, -0.05) is 23.4 Å². The van der Waals surface area contributed by atoms with Crippen molar-refractivity contribution in [2.75, 3.05) is 7.11 Å². The Morgan fingerprint density at radius 3 is 2.82 bits per heavy atom. The van der Waals surface area contributed by atoms with Crippen LogP contribution in [-0.2, 0) is 11.2 Å². The van der Waals surface area contributed by atoms with Crippen LogP contribution in [0.25, 0.3) is 11.0 Å². The molecule has 0 aliphatic rings. The van der Waals surface area contributed by atoms with Crippen molar-refractivity contribution in [2.45, 2.75) is 13.3 Å². The molecule has 0 radical (unpaired) electrons. The lowest BCUT2D eigenvalue weighted by molar-refractivity contribution is -0.131. The average Bonchev–Trinajstić information content (AvgIpc) is 2.89. The summed E-state index contributed by atoms with van der Waals surface area (Å²) in [6.07, 6.45) is 0.601. The van der Waals surface area contributed by atoms with Crippen molar-refractivity contribution < 1.29 is 18.8 Å². The Bertz CT molecular complexity index is 822. The number of hydrogen-bond donors (Lipinski definition) is 0. The molecule has 0 amide bonds. The maximum atomic E-state index is 11.0. The van der Waals surface area contributed by atoms with Gasteiger partial charge >= 0.3 is 5.97 Å². The van der Waals surface area contributed by atoms with Crippen LogP contribution in [0.4, 0.5) is 0 Å². The molecule has 0 unspecified atom stereocenters. The monoisotopic (exact) mass is 297 g/mol. The van der Waals surface area contributed by atoms with Crippen molar-refractivity contribution in [1.82, 2.24) is 5.16 Å². The molecule has 0 atom stereocenters. The van der Waals surface area contributed by atoms with E-state index >= 15 is 0 Å². The molecule has 0 fully saturated rings. The summed E-state index contributed by atoms with van der Waals surface area (Å²) in [6, 6.07) is 13.0. The van der Waals surface area contributed by atoms with E-state index in [1.54, 1.807) is 19.2 Å². The summed E-state index contributed by atoms with van der Waals surface area (Å²) in [4.78, 5) is 11.0. The van der Waals surface area contributed by atoms with Crippen molar-refractivity contribution in [3.63, 3.8) is 0 Å². The van der Waals surface area contributed by atoms with E-state index in [9.17, 15) is 4.79 Å². The van der Waals surface area contributed by atoms with Gasteiger partial charge in [0, 0.05) is 30.4 Å². The molecule has 5 heteroatoms. The molecule has 2 aromatic carbocycles. The molecule has 0 aliphatic carbocycles. The lowest BCUT2D eigenvalue weighted by Gasteiger charge is -2.06. The molecule has 3 rings (SSSR count). The van der Waals surface area contributed by atoms with E-state index in [0.717, 1.165) is 22.4 Å². The van der Waals surface area contributed by atoms with Crippen LogP contribution in [0.3, 0.4) is 0 Å². The van der Waals surface area contributed by atoms with Crippen molar-refractivity contribution >= 4 is 16.9 Å². The van der Waals surface area contributed by atoms with Crippen LogP contribution < -0.4 is 9.47 Å². The molecule has 3 aromatic rings. The maximum Gasteiger partial charge on any atom is 0.308 e. The second-order valence-corrected chi connectivity index (χ2v) is 4.87. The number of carbonyl (C=O) groups is 1. The minimum atomic E-state index is -0.367. The summed E-state index contributed by atoms with van der Waals surface area (Å²) in [6.45, 7) is 1.36. The first-order valence-corrected chi connectivity index (χ1v) is 6.86. The molecule has 5 nitrogen and oxygen atoms in total. The highest BCUT2D eigenvalue weighted by Gasteiger charge is 2.12. The number of benzene rings is 2. The van der Waals surface area contributed by atoms with Crippen LogP contribution >= 0.6 is 0 Å². The Hall–Kier alpha value is -2.82. The quantitative estimate of drug-likeness (QED) is 0.546. The van der Waals surface area contributed by atoms with Crippen LogP contribution in [0, 0.1) is 0 Å². The smallest absolute Gasteiger partial charge is 0.308 e. The molecule has 0 saturated heterocycles. The summed E-state index contributed by atoms with van der Waals surface area (Å²) in [5.41, 5.74) is 2.43. The first-order valence-electron chi connectivity index (χ1n) is 6.86. The third-order valence-corrected chi connectivity index (χ3v) is 3.33. The summed E-state index contributed by atoms with van der Waals surface area (Å²) >= 11 is 0. The van der Waals surface area contributed by atoms with Gasteiger partial charge in [0.05, 0.1) is 12.8 Å². The molecule has 1 aromatic heterocycles. The van der Waals surface area contributed by atoms with Crippen LogP contribution in [0.2, 0.25) is 0 Å². The lowest BCUT2D eigenvalue weighted by atomic mass is 10.1. The molecule has 0 N–H and O–H groups in total. The largest absolute Gasteiger partial charge is 0.496 e. The van der Waals surface area contributed by atoms with Gasteiger partial charge in [-0.05, 0) is 18.2 Å². The van der Waals surface area contributed by atoms with Gasteiger partial charge in [-0.3, -0.25) is 4.79 Å². The van der Waals surface area contributed by atoms with Crippen molar-refractivity contribution in [2.24, 2.45) is 0 Å². The van der Waals surface area contributed by atoms with E-state index in [4.69, 9.17) is 14.0 Å². The number of ether oxygens (including phenoxy) is 2. The molecule has 0 saturated carbocycles. The van der Waals surface area contributed by atoms with E-state index < -0.39 is 0 Å². The normalized spacial score (nSPS) is 10.6. The minimum Gasteiger partial charge on any atom is -0.496 e. The summed E-state index contributed by atoms with van der Waals surface area (Å²) in [7, 11) is 1.64. The number of esters is 1. The Morgan fingerprint density at radius 1 is 1.23 bits per heavy atom. The molecule has 0 spiro atoms. The lowest BCUT2D eigenvalue weighted by Crippen LogP contribution is -2.00. The zero-order valence-electron chi connectivity index (χ0n) is 12.3. The van der Waals surface area contributed by atoms with Gasteiger partial charge in [0.2, 0.25) is 0 Å². The SMILES string of the molecule is COc1ccccc1Cc1noc2cc(OC(C)=O)ccc12. The Morgan fingerprint density at radius 2 is 2.05 bits per heavy atom. The predicted molar refractivity (Wildman–Crippen MR) is 81.1 cm³/mol. The average molecular weight is 297 g/mol. The number of aromatic nitrogens is 1. The zero-order valence-corrected chi connectivity index (χ0v) is 12.3. The van der Waals surface area contributed by atoms with E-state index in [-0.39, 0.29) is 5.97 Å². The van der Waals surface area contributed by atoms with Crippen LogP contribution in [0.1, 0.15) is 18.2 Å². The number of fused-ring (bicyclic) bond motifs is 1. The van der Waals surface area contributed by atoms with Crippen molar-refractivity contribution in [3.8, 4) is 11.5 Å². The number of nitrogens with zero attached hydrogens (tertiary/aromatic N) is 1. The Balaban J connectivity index is 1.93. The number of methoxy groups -OCH3 is 1. The molecule has 1 heterocycles. The molecule has 0 aliphatic heterocycles. The van der Waals surface area contributed by atoms with Gasteiger partial charge in [0.25, 0.3) is 0 Å². The van der Waals surface area contributed by atoms with E-state index in [1.165, 1.54) is 6.92 Å². The zero-order chi connectivity index (χ0) is 15.5. The third-order valence-electron chi connectivity index (χ3n) is 3.33. The van der Waals surface area contributed by atoms with Gasteiger partial charge in [0.1, 0.15) is 11.5 Å². The summed E-state index contributed by atoms with van der Waals surface area (Å²) in [5.74, 6) is 0.892. The fourth-order valence-electron chi connectivity index (χ4n) is 2.36.